The Balaban J connectivity index is 2.22. The van der Waals surface area contributed by atoms with Gasteiger partial charge in [-0.15, -0.1) is 0 Å². The molecule has 3 rings (SSSR count). The summed E-state index contributed by atoms with van der Waals surface area (Å²) in [6.07, 6.45) is 0. The van der Waals surface area contributed by atoms with Gasteiger partial charge in [-0.05, 0) is 19.8 Å². The minimum Gasteiger partial charge on any atom is -0.352 e. The molecule has 0 saturated carbocycles. The van der Waals surface area contributed by atoms with Gasteiger partial charge in [0.25, 0.3) is 11.5 Å². The molecule has 0 aliphatic carbocycles. The predicted molar refractivity (Wildman–Crippen MR) is 111 cm³/mol. The van der Waals surface area contributed by atoms with E-state index in [1.807, 2.05) is 54.5 Å². The zero-order chi connectivity index (χ0) is 21.7. The Morgan fingerprint density at radius 3 is 2.41 bits per heavy atom. The molecule has 3 heterocycles. The molecule has 0 spiro atoms. The molecule has 0 aromatic carbocycles. The molecular formula is C21H31N5O3. The molecule has 1 N–H and O–H groups in total. The average molecular weight is 402 g/mol. The second-order valence-electron chi connectivity index (χ2n) is 9.57. The Labute approximate surface area is 170 Å². The summed E-state index contributed by atoms with van der Waals surface area (Å²) in [7, 11) is 0. The molecule has 0 atom stereocenters. The zero-order valence-corrected chi connectivity index (χ0v) is 18.4. The maximum atomic E-state index is 13.2. The number of hydrogen-bond acceptors (Lipinski definition) is 4. The van der Waals surface area contributed by atoms with E-state index in [1.54, 1.807) is 9.47 Å². The first kappa shape index (κ1) is 21.1. The van der Waals surface area contributed by atoms with Crippen LogP contribution >= 0.6 is 0 Å². The highest BCUT2D eigenvalue weighted by Gasteiger charge is 2.35. The van der Waals surface area contributed by atoms with E-state index in [2.05, 4.69) is 10.4 Å². The summed E-state index contributed by atoms with van der Waals surface area (Å²) in [5.74, 6) is -0.136. The number of amides is 2. The Morgan fingerprint density at radius 1 is 1.21 bits per heavy atom. The van der Waals surface area contributed by atoms with Gasteiger partial charge in [0.2, 0.25) is 5.91 Å². The summed E-state index contributed by atoms with van der Waals surface area (Å²) in [5, 5.41) is 7.39. The fraction of sp³-hybridized carbons (Fsp3) is 0.619. The van der Waals surface area contributed by atoms with Gasteiger partial charge in [0, 0.05) is 24.1 Å². The summed E-state index contributed by atoms with van der Waals surface area (Å²) in [6, 6.07) is 1.79. The van der Waals surface area contributed by atoms with Gasteiger partial charge in [0.15, 0.2) is 0 Å². The molecule has 8 heteroatoms. The van der Waals surface area contributed by atoms with E-state index in [-0.39, 0.29) is 47.8 Å². The first-order valence-corrected chi connectivity index (χ1v) is 10.1. The van der Waals surface area contributed by atoms with Crippen molar-refractivity contribution >= 4 is 17.5 Å². The summed E-state index contributed by atoms with van der Waals surface area (Å²) < 4.78 is 2.99. The van der Waals surface area contributed by atoms with Crippen LogP contribution in [-0.2, 0) is 23.3 Å². The molecule has 1 aliphatic heterocycles. The van der Waals surface area contributed by atoms with Crippen molar-refractivity contribution in [2.24, 2.45) is 5.92 Å². The minimum absolute atomic E-state index is 0.0193. The van der Waals surface area contributed by atoms with Crippen LogP contribution in [0.3, 0.4) is 0 Å². The van der Waals surface area contributed by atoms with Crippen molar-refractivity contribution in [2.45, 2.75) is 73.0 Å². The van der Waals surface area contributed by atoms with Crippen LogP contribution < -0.4 is 10.9 Å². The molecule has 29 heavy (non-hydrogen) atoms. The van der Waals surface area contributed by atoms with Gasteiger partial charge in [0.1, 0.15) is 17.9 Å². The number of aromatic nitrogens is 3. The normalized spacial score (nSPS) is 14.4. The van der Waals surface area contributed by atoms with Gasteiger partial charge in [-0.25, -0.2) is 0 Å². The highest BCUT2D eigenvalue weighted by atomic mass is 16.2. The Hall–Kier alpha value is -2.64. The fourth-order valence-corrected chi connectivity index (χ4v) is 3.65. The molecule has 2 amide bonds. The van der Waals surface area contributed by atoms with E-state index < -0.39 is 0 Å². The summed E-state index contributed by atoms with van der Waals surface area (Å²) in [4.78, 5) is 40.6. The molecule has 8 nitrogen and oxygen atoms in total. The molecule has 0 bridgehead atoms. The smallest absolute Gasteiger partial charge is 0.280 e. The van der Waals surface area contributed by atoms with Crippen molar-refractivity contribution in [1.29, 1.82) is 0 Å². The van der Waals surface area contributed by atoms with E-state index >= 15 is 0 Å². The summed E-state index contributed by atoms with van der Waals surface area (Å²) >= 11 is 0. The highest BCUT2D eigenvalue weighted by molar-refractivity contribution is 5.97. The standard InChI is InChI=1S/C21H31N5O3/c1-12(2)9-24-10-14-18(20(24)29)25(11-16(27)22-13(3)4)17-8-15(21(5,6)7)23-26(17)19(14)28/h8,12-13H,9-11H2,1-7H3,(H,22,27). The Kier molecular flexibility index (Phi) is 5.32. The van der Waals surface area contributed by atoms with Crippen LogP contribution in [0.4, 0.5) is 0 Å². The number of carbonyl (C=O) groups is 2. The number of nitrogens with one attached hydrogen (secondary N) is 1. The van der Waals surface area contributed by atoms with E-state index in [4.69, 9.17) is 0 Å². The molecule has 0 fully saturated rings. The molecule has 0 saturated heterocycles. The zero-order valence-electron chi connectivity index (χ0n) is 18.4. The van der Waals surface area contributed by atoms with Crippen LogP contribution in [0.25, 0.3) is 5.65 Å². The van der Waals surface area contributed by atoms with Crippen LogP contribution in [0, 0.1) is 5.92 Å². The fourth-order valence-electron chi connectivity index (χ4n) is 3.65. The van der Waals surface area contributed by atoms with Crippen LogP contribution in [0.15, 0.2) is 10.9 Å². The van der Waals surface area contributed by atoms with Gasteiger partial charge in [-0.1, -0.05) is 34.6 Å². The first-order chi connectivity index (χ1) is 13.4. The number of rotatable bonds is 5. The van der Waals surface area contributed by atoms with Gasteiger partial charge in [-0.2, -0.15) is 9.61 Å². The second kappa shape index (κ2) is 7.31. The molecule has 0 radical (unpaired) electrons. The van der Waals surface area contributed by atoms with Crippen LogP contribution in [0.5, 0.6) is 0 Å². The Morgan fingerprint density at radius 2 is 1.86 bits per heavy atom. The maximum absolute atomic E-state index is 13.2. The van der Waals surface area contributed by atoms with Crippen LogP contribution in [0.1, 0.15) is 70.2 Å². The Bertz CT molecular complexity index is 1020. The van der Waals surface area contributed by atoms with Crippen molar-refractivity contribution in [2.75, 3.05) is 6.54 Å². The molecular weight excluding hydrogens is 370 g/mol. The molecule has 2 aromatic heterocycles. The number of hydrogen-bond donors (Lipinski definition) is 1. The molecule has 2 aromatic rings. The van der Waals surface area contributed by atoms with E-state index in [9.17, 15) is 14.4 Å². The lowest BCUT2D eigenvalue weighted by atomic mass is 9.93. The molecule has 158 valence electrons. The number of nitrogens with zero attached hydrogens (tertiary/aromatic N) is 4. The van der Waals surface area contributed by atoms with E-state index in [0.29, 0.717) is 23.4 Å². The van der Waals surface area contributed by atoms with Gasteiger partial charge < -0.3 is 14.8 Å². The molecule has 1 aliphatic rings. The largest absolute Gasteiger partial charge is 0.352 e. The maximum Gasteiger partial charge on any atom is 0.280 e. The third-order valence-electron chi connectivity index (χ3n) is 4.92. The van der Waals surface area contributed by atoms with Crippen LogP contribution in [0.2, 0.25) is 0 Å². The lowest BCUT2D eigenvalue weighted by Gasteiger charge is -2.18. The third-order valence-corrected chi connectivity index (χ3v) is 4.92. The van der Waals surface area contributed by atoms with Crippen molar-refractivity contribution in [1.82, 2.24) is 24.4 Å². The second-order valence-corrected chi connectivity index (χ2v) is 9.57. The monoisotopic (exact) mass is 401 g/mol. The number of carbonyl (C=O) groups excluding carboxylic acids is 2. The summed E-state index contributed by atoms with van der Waals surface area (Å²) in [6.45, 7) is 14.6. The van der Waals surface area contributed by atoms with Crippen molar-refractivity contribution in [3.63, 3.8) is 0 Å². The van der Waals surface area contributed by atoms with Gasteiger partial charge in [0.05, 0.1) is 17.8 Å². The minimum atomic E-state index is -0.286. The topological polar surface area (TPSA) is 88.7 Å². The highest BCUT2D eigenvalue weighted by Crippen LogP contribution is 2.26. The van der Waals surface area contributed by atoms with Gasteiger partial charge in [-0.3, -0.25) is 14.4 Å². The van der Waals surface area contributed by atoms with Crippen LogP contribution in [-0.4, -0.2) is 43.5 Å². The SMILES string of the molecule is CC(C)CN1Cc2c(n(CC(=O)NC(C)C)c3cc(C(C)(C)C)nn3c2=O)C1=O. The lowest BCUT2D eigenvalue weighted by Crippen LogP contribution is -2.36. The van der Waals surface area contributed by atoms with E-state index in [0.717, 1.165) is 5.69 Å². The first-order valence-electron chi connectivity index (χ1n) is 10.1. The van der Waals surface area contributed by atoms with Crippen molar-refractivity contribution < 1.29 is 9.59 Å². The average Bonchev–Trinajstić information content (AvgIpc) is 3.14. The quantitative estimate of drug-likeness (QED) is 0.829. The predicted octanol–water partition coefficient (Wildman–Crippen LogP) is 1.93. The van der Waals surface area contributed by atoms with E-state index in [1.165, 1.54) is 4.52 Å². The van der Waals surface area contributed by atoms with Crippen molar-refractivity contribution in [3.05, 3.63) is 33.4 Å². The third kappa shape index (κ3) is 3.93. The molecule has 0 unspecified atom stereocenters. The lowest BCUT2D eigenvalue weighted by molar-refractivity contribution is -0.122. The summed E-state index contributed by atoms with van der Waals surface area (Å²) in [5.41, 5.74) is 1.37. The number of fused-ring (bicyclic) bond motifs is 2. The van der Waals surface area contributed by atoms with Crippen molar-refractivity contribution in [3.8, 4) is 0 Å². The van der Waals surface area contributed by atoms with Gasteiger partial charge >= 0.3 is 0 Å².